The lowest BCUT2D eigenvalue weighted by molar-refractivity contribution is -0.123. The smallest absolute Gasteiger partial charge is 0.258 e. The number of hydrogen-bond acceptors (Lipinski definition) is 5. The Kier molecular flexibility index (Phi) is 5.96. The first-order valence-electron chi connectivity index (χ1n) is 8.91. The van der Waals surface area contributed by atoms with Crippen molar-refractivity contribution in [3.05, 3.63) is 53.6 Å². The summed E-state index contributed by atoms with van der Waals surface area (Å²) in [6, 6.07) is 12.9. The van der Waals surface area contributed by atoms with Gasteiger partial charge in [-0.05, 0) is 55.7 Å². The van der Waals surface area contributed by atoms with Gasteiger partial charge in [0.1, 0.15) is 11.5 Å². The highest BCUT2D eigenvalue weighted by atomic mass is 16.7. The van der Waals surface area contributed by atoms with Crippen LogP contribution in [0.15, 0.2) is 42.5 Å². The summed E-state index contributed by atoms with van der Waals surface area (Å²) in [5, 5.41) is 2.90. The molecule has 1 aliphatic heterocycles. The standard InChI is InChI=1S/C21H23NO5/c1-14(23)3-4-16-5-8-18(9-6-16)25-12-21(24)22-15(2)17-7-10-19-20(11-17)27-13-26-19/h5-11,15H,3-4,12-13H2,1-2H3,(H,22,24). The molecule has 2 aromatic carbocycles. The zero-order chi connectivity index (χ0) is 19.2. The number of aryl methyl sites for hydroxylation is 1. The first-order valence-corrected chi connectivity index (χ1v) is 8.91. The third-order valence-corrected chi connectivity index (χ3v) is 4.33. The molecule has 0 spiro atoms. The monoisotopic (exact) mass is 369 g/mol. The number of hydrogen-bond donors (Lipinski definition) is 1. The molecule has 1 N–H and O–H groups in total. The van der Waals surface area contributed by atoms with Gasteiger partial charge in [0.05, 0.1) is 6.04 Å². The second-order valence-corrected chi connectivity index (χ2v) is 6.54. The van der Waals surface area contributed by atoms with Crippen LogP contribution in [-0.4, -0.2) is 25.1 Å². The molecule has 0 aromatic heterocycles. The first-order chi connectivity index (χ1) is 13.0. The van der Waals surface area contributed by atoms with Crippen LogP contribution in [0.25, 0.3) is 0 Å². The number of amides is 1. The van der Waals surface area contributed by atoms with Gasteiger partial charge in [-0.25, -0.2) is 0 Å². The minimum Gasteiger partial charge on any atom is -0.484 e. The highest BCUT2D eigenvalue weighted by molar-refractivity contribution is 5.78. The lowest BCUT2D eigenvalue weighted by Gasteiger charge is -2.15. The van der Waals surface area contributed by atoms with Crippen molar-refractivity contribution < 1.29 is 23.8 Å². The van der Waals surface area contributed by atoms with E-state index in [-0.39, 0.29) is 31.1 Å². The fraction of sp³-hybridized carbons (Fsp3) is 0.333. The van der Waals surface area contributed by atoms with E-state index >= 15 is 0 Å². The van der Waals surface area contributed by atoms with Crippen LogP contribution in [0, 0.1) is 0 Å². The Morgan fingerprint density at radius 3 is 2.59 bits per heavy atom. The quantitative estimate of drug-likeness (QED) is 0.774. The summed E-state index contributed by atoms with van der Waals surface area (Å²) in [6.45, 7) is 3.64. The van der Waals surface area contributed by atoms with Crippen LogP contribution in [0.1, 0.15) is 37.4 Å². The lowest BCUT2D eigenvalue weighted by atomic mass is 10.1. The zero-order valence-electron chi connectivity index (χ0n) is 15.5. The van der Waals surface area contributed by atoms with Crippen LogP contribution in [0.2, 0.25) is 0 Å². The minimum atomic E-state index is -0.208. The summed E-state index contributed by atoms with van der Waals surface area (Å²) in [7, 11) is 0. The van der Waals surface area contributed by atoms with E-state index in [9.17, 15) is 9.59 Å². The van der Waals surface area contributed by atoms with Crippen molar-refractivity contribution in [2.24, 2.45) is 0 Å². The van der Waals surface area contributed by atoms with Crippen molar-refractivity contribution in [1.82, 2.24) is 5.32 Å². The molecule has 3 rings (SSSR count). The van der Waals surface area contributed by atoms with Gasteiger partial charge >= 0.3 is 0 Å². The molecule has 142 valence electrons. The van der Waals surface area contributed by atoms with Crippen LogP contribution in [0.5, 0.6) is 17.2 Å². The van der Waals surface area contributed by atoms with Crippen molar-refractivity contribution in [1.29, 1.82) is 0 Å². The zero-order valence-corrected chi connectivity index (χ0v) is 15.5. The summed E-state index contributed by atoms with van der Waals surface area (Å²) >= 11 is 0. The maximum atomic E-state index is 12.1. The Hall–Kier alpha value is -3.02. The number of ether oxygens (including phenoxy) is 3. The Balaban J connectivity index is 1.47. The molecule has 0 fully saturated rings. The summed E-state index contributed by atoms with van der Waals surface area (Å²) in [5.41, 5.74) is 2.00. The maximum Gasteiger partial charge on any atom is 0.258 e. The number of carbonyl (C=O) groups is 2. The van der Waals surface area contributed by atoms with E-state index in [1.54, 1.807) is 6.92 Å². The fourth-order valence-corrected chi connectivity index (χ4v) is 2.77. The predicted octanol–water partition coefficient (Wildman–Crippen LogP) is 3.19. The third kappa shape index (κ3) is 5.23. The second kappa shape index (κ2) is 8.58. The molecule has 1 heterocycles. The summed E-state index contributed by atoms with van der Waals surface area (Å²) in [6.07, 6.45) is 1.24. The molecule has 6 heteroatoms. The molecule has 1 atom stereocenters. The Bertz CT molecular complexity index is 816. The van der Waals surface area contributed by atoms with Crippen LogP contribution in [0.4, 0.5) is 0 Å². The molecule has 0 aliphatic carbocycles. The highest BCUT2D eigenvalue weighted by Gasteiger charge is 2.17. The van der Waals surface area contributed by atoms with Gasteiger partial charge in [-0.2, -0.15) is 0 Å². The number of fused-ring (bicyclic) bond motifs is 1. The van der Waals surface area contributed by atoms with Crippen molar-refractivity contribution in [3.63, 3.8) is 0 Å². The molecule has 27 heavy (non-hydrogen) atoms. The van der Waals surface area contributed by atoms with E-state index in [1.165, 1.54) is 0 Å². The molecular formula is C21H23NO5. The predicted molar refractivity (Wildman–Crippen MR) is 100 cm³/mol. The minimum absolute atomic E-state index is 0.0678. The van der Waals surface area contributed by atoms with Gasteiger partial charge in [0.2, 0.25) is 6.79 Å². The normalized spacial score (nSPS) is 13.1. The molecular weight excluding hydrogens is 346 g/mol. The summed E-state index contributed by atoms with van der Waals surface area (Å²) in [5.74, 6) is 1.99. The number of rotatable bonds is 8. The van der Waals surface area contributed by atoms with Gasteiger partial charge < -0.3 is 24.3 Å². The maximum absolute atomic E-state index is 12.1. The van der Waals surface area contributed by atoms with Crippen molar-refractivity contribution in [2.45, 2.75) is 32.7 Å². The van der Waals surface area contributed by atoms with Gasteiger partial charge in [-0.1, -0.05) is 18.2 Å². The van der Waals surface area contributed by atoms with E-state index in [4.69, 9.17) is 14.2 Å². The van der Waals surface area contributed by atoms with Crippen molar-refractivity contribution in [3.8, 4) is 17.2 Å². The van der Waals surface area contributed by atoms with Crippen LogP contribution in [0.3, 0.4) is 0 Å². The lowest BCUT2D eigenvalue weighted by Crippen LogP contribution is -2.31. The summed E-state index contributed by atoms with van der Waals surface area (Å²) < 4.78 is 16.2. The van der Waals surface area contributed by atoms with Crippen LogP contribution >= 0.6 is 0 Å². The molecule has 0 saturated carbocycles. The fourth-order valence-electron chi connectivity index (χ4n) is 2.77. The Labute approximate surface area is 158 Å². The van der Waals surface area contributed by atoms with Gasteiger partial charge in [-0.15, -0.1) is 0 Å². The van der Waals surface area contributed by atoms with Crippen LogP contribution in [-0.2, 0) is 16.0 Å². The number of Topliss-reactive ketones (excluding diaryl/α,β-unsaturated/α-hetero) is 1. The van der Waals surface area contributed by atoms with Gasteiger partial charge in [-0.3, -0.25) is 4.79 Å². The second-order valence-electron chi connectivity index (χ2n) is 6.54. The van der Waals surface area contributed by atoms with E-state index < -0.39 is 0 Å². The average Bonchev–Trinajstić information content (AvgIpc) is 3.13. The van der Waals surface area contributed by atoms with Crippen molar-refractivity contribution in [2.75, 3.05) is 13.4 Å². The molecule has 2 aromatic rings. The molecule has 1 amide bonds. The molecule has 0 radical (unpaired) electrons. The number of nitrogens with one attached hydrogen (secondary N) is 1. The van der Waals surface area contributed by atoms with E-state index in [0.717, 1.165) is 11.1 Å². The molecule has 6 nitrogen and oxygen atoms in total. The average molecular weight is 369 g/mol. The first kappa shape index (κ1) is 18.8. The Morgan fingerprint density at radius 1 is 1.11 bits per heavy atom. The molecule has 1 aliphatic rings. The highest BCUT2D eigenvalue weighted by Crippen LogP contribution is 2.34. The molecule has 0 saturated heterocycles. The van der Waals surface area contributed by atoms with Crippen LogP contribution < -0.4 is 19.5 Å². The van der Waals surface area contributed by atoms with Gasteiger partial charge in [0.25, 0.3) is 5.91 Å². The Morgan fingerprint density at radius 2 is 1.85 bits per heavy atom. The molecule has 1 unspecified atom stereocenters. The number of carbonyl (C=O) groups excluding carboxylic acids is 2. The number of benzene rings is 2. The number of ketones is 1. The van der Waals surface area contributed by atoms with Gasteiger partial charge in [0, 0.05) is 6.42 Å². The van der Waals surface area contributed by atoms with Gasteiger partial charge in [0.15, 0.2) is 18.1 Å². The molecule has 0 bridgehead atoms. The topological polar surface area (TPSA) is 73.9 Å². The third-order valence-electron chi connectivity index (χ3n) is 4.33. The SMILES string of the molecule is CC(=O)CCc1ccc(OCC(=O)NC(C)c2ccc3c(c2)OCO3)cc1. The summed E-state index contributed by atoms with van der Waals surface area (Å²) in [4.78, 5) is 23.2. The van der Waals surface area contributed by atoms with E-state index in [1.807, 2.05) is 49.4 Å². The van der Waals surface area contributed by atoms with Crippen molar-refractivity contribution >= 4 is 11.7 Å². The van der Waals surface area contributed by atoms with E-state index in [2.05, 4.69) is 5.32 Å². The van der Waals surface area contributed by atoms with E-state index in [0.29, 0.717) is 30.1 Å². The largest absolute Gasteiger partial charge is 0.484 e.